The van der Waals surface area contributed by atoms with E-state index >= 15 is 0 Å². The molecule has 3 rings (SSSR count). The van der Waals surface area contributed by atoms with Gasteiger partial charge >= 0.3 is 0 Å². The molecular weight excluding hydrogens is 459 g/mol. The maximum Gasteiger partial charge on any atom is 0.271 e. The Morgan fingerprint density at radius 3 is 2.39 bits per heavy atom. The van der Waals surface area contributed by atoms with E-state index in [9.17, 15) is 4.79 Å². The molecule has 1 amide bonds. The first kappa shape index (κ1) is 22.9. The van der Waals surface area contributed by atoms with Gasteiger partial charge in [0.1, 0.15) is 6.61 Å². The highest BCUT2D eigenvalue weighted by Crippen LogP contribution is 2.30. The molecule has 31 heavy (non-hydrogen) atoms. The van der Waals surface area contributed by atoms with Crippen LogP contribution in [0.25, 0.3) is 0 Å². The normalized spacial score (nSPS) is 10.8. The SMILES string of the molecule is CCOc1cc(/C=N\NC(=O)c2ccc(Cl)cc2)ccc1OCc1ccc(Cl)cc1Cl. The van der Waals surface area contributed by atoms with E-state index in [1.54, 1.807) is 54.6 Å². The number of carbonyl (C=O) groups is 1. The Hall–Kier alpha value is -2.73. The van der Waals surface area contributed by atoms with Crippen LogP contribution in [0.15, 0.2) is 65.8 Å². The molecule has 0 radical (unpaired) electrons. The van der Waals surface area contributed by atoms with Crippen molar-refractivity contribution in [2.75, 3.05) is 6.61 Å². The number of halogens is 3. The largest absolute Gasteiger partial charge is 0.490 e. The van der Waals surface area contributed by atoms with Crippen LogP contribution in [0.3, 0.4) is 0 Å². The number of nitrogens with one attached hydrogen (secondary N) is 1. The number of nitrogens with zero attached hydrogens (tertiary/aromatic N) is 1. The second kappa shape index (κ2) is 11.0. The van der Waals surface area contributed by atoms with Crippen LogP contribution >= 0.6 is 34.8 Å². The minimum atomic E-state index is -0.335. The summed E-state index contributed by atoms with van der Waals surface area (Å²) in [6.45, 7) is 2.61. The van der Waals surface area contributed by atoms with E-state index in [2.05, 4.69) is 10.5 Å². The third-order valence-electron chi connectivity index (χ3n) is 4.15. The van der Waals surface area contributed by atoms with Gasteiger partial charge in [0.05, 0.1) is 12.8 Å². The highest BCUT2D eigenvalue weighted by molar-refractivity contribution is 6.35. The van der Waals surface area contributed by atoms with Crippen molar-refractivity contribution in [3.63, 3.8) is 0 Å². The molecule has 1 N–H and O–H groups in total. The minimum absolute atomic E-state index is 0.265. The van der Waals surface area contributed by atoms with Crippen molar-refractivity contribution < 1.29 is 14.3 Å². The number of hydrazone groups is 1. The molecule has 0 spiro atoms. The molecule has 0 aliphatic carbocycles. The number of hydrogen-bond donors (Lipinski definition) is 1. The summed E-state index contributed by atoms with van der Waals surface area (Å²) in [6, 6.07) is 17.1. The lowest BCUT2D eigenvalue weighted by Gasteiger charge is -2.13. The molecule has 0 saturated carbocycles. The van der Waals surface area contributed by atoms with Crippen LogP contribution in [0, 0.1) is 0 Å². The summed E-state index contributed by atoms with van der Waals surface area (Å²) in [4.78, 5) is 12.1. The Kier molecular flexibility index (Phi) is 8.18. The molecule has 0 aliphatic rings. The third kappa shape index (κ3) is 6.62. The molecule has 0 aliphatic heterocycles. The molecule has 0 unspecified atom stereocenters. The second-order valence-corrected chi connectivity index (χ2v) is 7.65. The van der Waals surface area contributed by atoms with Crippen LogP contribution < -0.4 is 14.9 Å². The Labute approximate surface area is 195 Å². The smallest absolute Gasteiger partial charge is 0.271 e. The minimum Gasteiger partial charge on any atom is -0.490 e. The molecule has 0 saturated heterocycles. The molecule has 3 aromatic rings. The van der Waals surface area contributed by atoms with Crippen molar-refractivity contribution in [3.05, 3.63) is 92.4 Å². The highest BCUT2D eigenvalue weighted by Gasteiger charge is 2.09. The Morgan fingerprint density at radius 2 is 1.68 bits per heavy atom. The second-order valence-electron chi connectivity index (χ2n) is 6.37. The Balaban J connectivity index is 1.66. The van der Waals surface area contributed by atoms with E-state index < -0.39 is 0 Å². The van der Waals surface area contributed by atoms with Gasteiger partial charge in [-0.25, -0.2) is 5.43 Å². The van der Waals surface area contributed by atoms with Gasteiger partial charge in [0.15, 0.2) is 11.5 Å². The first-order valence-corrected chi connectivity index (χ1v) is 10.5. The van der Waals surface area contributed by atoms with Gasteiger partial charge in [-0.1, -0.05) is 40.9 Å². The molecular formula is C23H19Cl3N2O3. The number of carbonyl (C=O) groups excluding carboxylic acids is 1. The molecule has 0 heterocycles. The van der Waals surface area contributed by atoms with Gasteiger partial charge < -0.3 is 9.47 Å². The maximum absolute atomic E-state index is 12.1. The van der Waals surface area contributed by atoms with E-state index in [0.29, 0.717) is 38.7 Å². The topological polar surface area (TPSA) is 59.9 Å². The van der Waals surface area contributed by atoms with Gasteiger partial charge in [-0.3, -0.25) is 4.79 Å². The lowest BCUT2D eigenvalue weighted by atomic mass is 10.2. The molecule has 0 aromatic heterocycles. The van der Waals surface area contributed by atoms with Crippen molar-refractivity contribution in [1.29, 1.82) is 0 Å². The number of ether oxygens (including phenoxy) is 2. The van der Waals surface area contributed by atoms with Crippen molar-refractivity contribution in [2.45, 2.75) is 13.5 Å². The monoisotopic (exact) mass is 476 g/mol. The quantitative estimate of drug-likeness (QED) is 0.302. The summed E-state index contributed by atoms with van der Waals surface area (Å²) < 4.78 is 11.6. The van der Waals surface area contributed by atoms with Gasteiger partial charge in [0, 0.05) is 26.2 Å². The van der Waals surface area contributed by atoms with Gasteiger partial charge in [0.2, 0.25) is 0 Å². The lowest BCUT2D eigenvalue weighted by molar-refractivity contribution is 0.0955. The molecule has 160 valence electrons. The Morgan fingerprint density at radius 1 is 0.935 bits per heavy atom. The predicted octanol–water partition coefficient (Wildman–Crippen LogP) is 6.39. The van der Waals surface area contributed by atoms with Crippen molar-refractivity contribution in [1.82, 2.24) is 5.43 Å². The van der Waals surface area contributed by atoms with Crippen LogP contribution in [0.5, 0.6) is 11.5 Å². The Bertz CT molecular complexity index is 1090. The summed E-state index contributed by atoms with van der Waals surface area (Å²) in [5.74, 6) is 0.786. The van der Waals surface area contributed by atoms with Crippen molar-refractivity contribution in [3.8, 4) is 11.5 Å². The van der Waals surface area contributed by atoms with Gasteiger partial charge in [0.25, 0.3) is 5.91 Å². The van der Waals surface area contributed by atoms with Gasteiger partial charge in [-0.15, -0.1) is 0 Å². The lowest BCUT2D eigenvalue weighted by Crippen LogP contribution is -2.17. The average Bonchev–Trinajstić information content (AvgIpc) is 2.75. The van der Waals surface area contributed by atoms with E-state index in [4.69, 9.17) is 44.3 Å². The van der Waals surface area contributed by atoms with Crippen LogP contribution in [0.2, 0.25) is 15.1 Å². The number of rotatable bonds is 8. The van der Waals surface area contributed by atoms with Crippen molar-refractivity contribution in [2.24, 2.45) is 5.10 Å². The number of amides is 1. The van der Waals surface area contributed by atoms with Crippen molar-refractivity contribution >= 4 is 46.9 Å². The number of benzene rings is 3. The van der Waals surface area contributed by atoms with Gasteiger partial charge in [-0.2, -0.15) is 5.10 Å². The van der Waals surface area contributed by atoms with E-state index in [1.807, 2.05) is 13.0 Å². The van der Waals surface area contributed by atoms with E-state index in [-0.39, 0.29) is 12.5 Å². The zero-order valence-corrected chi connectivity index (χ0v) is 18.8. The van der Waals surface area contributed by atoms with Crippen LogP contribution in [0.1, 0.15) is 28.4 Å². The third-order valence-corrected chi connectivity index (χ3v) is 4.99. The van der Waals surface area contributed by atoms with Gasteiger partial charge in [-0.05, 0) is 67.1 Å². The molecule has 5 nitrogen and oxygen atoms in total. The molecule has 0 fully saturated rings. The average molecular weight is 478 g/mol. The summed E-state index contributed by atoms with van der Waals surface area (Å²) in [6.07, 6.45) is 1.52. The molecule has 0 bridgehead atoms. The first-order chi connectivity index (χ1) is 15.0. The fourth-order valence-electron chi connectivity index (χ4n) is 2.62. The molecule has 8 heteroatoms. The standard InChI is InChI=1S/C23H19Cl3N2O3/c1-2-30-22-11-15(13-27-28-23(29)16-4-7-18(24)8-5-16)3-10-21(22)31-14-17-6-9-19(25)12-20(17)26/h3-13H,2,14H2,1H3,(H,28,29)/b27-13-. The number of hydrogen-bond acceptors (Lipinski definition) is 4. The van der Waals surface area contributed by atoms with E-state index in [1.165, 1.54) is 6.21 Å². The zero-order valence-electron chi connectivity index (χ0n) is 16.6. The molecule has 3 aromatic carbocycles. The fourth-order valence-corrected chi connectivity index (χ4v) is 3.21. The summed E-state index contributed by atoms with van der Waals surface area (Å²) in [7, 11) is 0. The van der Waals surface area contributed by atoms with Crippen LogP contribution in [-0.4, -0.2) is 18.7 Å². The predicted molar refractivity (Wildman–Crippen MR) is 125 cm³/mol. The molecule has 0 atom stereocenters. The summed E-state index contributed by atoms with van der Waals surface area (Å²) in [5.41, 5.74) is 4.48. The zero-order chi connectivity index (χ0) is 22.2. The van der Waals surface area contributed by atoms with Crippen LogP contribution in [-0.2, 0) is 6.61 Å². The highest BCUT2D eigenvalue weighted by atomic mass is 35.5. The fraction of sp³-hybridized carbons (Fsp3) is 0.130. The van der Waals surface area contributed by atoms with Crippen LogP contribution in [0.4, 0.5) is 0 Å². The maximum atomic E-state index is 12.1. The van der Waals surface area contributed by atoms with E-state index in [0.717, 1.165) is 11.1 Å². The first-order valence-electron chi connectivity index (χ1n) is 9.39. The summed E-state index contributed by atoms with van der Waals surface area (Å²) >= 11 is 18.0. The summed E-state index contributed by atoms with van der Waals surface area (Å²) in [5, 5.41) is 5.66.